The maximum absolute atomic E-state index is 12.9. The summed E-state index contributed by atoms with van der Waals surface area (Å²) in [5.74, 6) is 5.94. The number of carbonyl (C=O) groups is 3. The van der Waals surface area contributed by atoms with Gasteiger partial charge >= 0.3 is 0 Å². The summed E-state index contributed by atoms with van der Waals surface area (Å²) in [6.07, 6.45) is 0.610. The number of para-hydroxylation sites is 2. The number of benzene rings is 2. The van der Waals surface area contributed by atoms with Crippen LogP contribution < -0.4 is 32.3 Å². The Bertz CT molecular complexity index is 1260. The van der Waals surface area contributed by atoms with Crippen molar-refractivity contribution in [2.24, 2.45) is 17.0 Å². The number of amides is 3. The lowest BCUT2D eigenvalue weighted by Crippen LogP contribution is -2.42. The SMILES string of the molecule is CC.CC.CNC(=O)CC(C)(C)OCCC(C)(C)C(=O)NCC(=O)Nc1ccccc1/C(=C(/N)c1ccccc1OC)N(C)N. The zero-order chi connectivity index (χ0) is 34.8. The summed E-state index contributed by atoms with van der Waals surface area (Å²) in [4.78, 5) is 37.5. The van der Waals surface area contributed by atoms with Crippen LogP contribution in [0.3, 0.4) is 0 Å². The van der Waals surface area contributed by atoms with Crippen LogP contribution in [0.25, 0.3) is 11.4 Å². The lowest BCUT2D eigenvalue weighted by atomic mass is 9.88. The molecule has 11 heteroatoms. The van der Waals surface area contributed by atoms with Gasteiger partial charge in [-0.3, -0.25) is 14.4 Å². The maximum Gasteiger partial charge on any atom is 0.243 e. The smallest absolute Gasteiger partial charge is 0.243 e. The standard InChI is InChI=1S/C30H44N6O5.2C2H6/c1-29(2,16-17-41-30(3,4)18-24(37)33-5)28(39)34-19-25(38)35-22-14-10-8-12-20(22)27(36(6)32)26(31)21-13-9-11-15-23(21)40-7;2*1-2/h8-15H,16-19,31-32H2,1-7H3,(H,33,37)(H,34,39)(H,35,38);2*1-2H3/b27-26-;;. The molecule has 0 saturated carbocycles. The molecule has 11 nitrogen and oxygen atoms in total. The zero-order valence-corrected chi connectivity index (χ0v) is 29.1. The highest BCUT2D eigenvalue weighted by Gasteiger charge is 2.30. The quantitative estimate of drug-likeness (QED) is 0.114. The third-order valence-electron chi connectivity index (χ3n) is 6.57. The molecule has 0 aromatic heterocycles. The highest BCUT2D eigenvalue weighted by atomic mass is 16.5. The number of methoxy groups -OCH3 is 1. The molecule has 2 aromatic carbocycles. The molecule has 0 atom stereocenters. The minimum atomic E-state index is -0.803. The molecule has 0 fully saturated rings. The van der Waals surface area contributed by atoms with Gasteiger partial charge in [0.1, 0.15) is 5.75 Å². The maximum atomic E-state index is 12.9. The summed E-state index contributed by atoms with van der Waals surface area (Å²) < 4.78 is 11.3. The van der Waals surface area contributed by atoms with Gasteiger partial charge in [0.05, 0.1) is 42.8 Å². The van der Waals surface area contributed by atoms with E-state index < -0.39 is 16.9 Å². The molecule has 3 amide bonds. The Kier molecular flexibility index (Phi) is 18.2. The summed E-state index contributed by atoms with van der Waals surface area (Å²) >= 11 is 0. The normalized spacial score (nSPS) is 11.4. The van der Waals surface area contributed by atoms with Crippen molar-refractivity contribution in [3.05, 3.63) is 59.7 Å². The van der Waals surface area contributed by atoms with Gasteiger partial charge in [-0.25, -0.2) is 5.84 Å². The minimum absolute atomic E-state index is 0.122. The fraction of sp³-hybridized carbons (Fsp3) is 0.500. The zero-order valence-electron chi connectivity index (χ0n) is 29.1. The van der Waals surface area contributed by atoms with Crippen molar-refractivity contribution in [3.63, 3.8) is 0 Å². The Morgan fingerprint density at radius 1 is 0.889 bits per heavy atom. The van der Waals surface area contributed by atoms with Crippen molar-refractivity contribution < 1.29 is 23.9 Å². The van der Waals surface area contributed by atoms with Crippen LogP contribution >= 0.6 is 0 Å². The number of ether oxygens (including phenoxy) is 2. The molecule has 0 aliphatic heterocycles. The fourth-order valence-electron chi connectivity index (χ4n) is 4.13. The van der Waals surface area contributed by atoms with Crippen LogP contribution in [-0.4, -0.2) is 62.7 Å². The van der Waals surface area contributed by atoms with E-state index in [9.17, 15) is 14.4 Å². The molecule has 0 unspecified atom stereocenters. The fourth-order valence-corrected chi connectivity index (χ4v) is 4.13. The molecule has 0 aliphatic carbocycles. The molecule has 45 heavy (non-hydrogen) atoms. The Morgan fingerprint density at radius 2 is 1.44 bits per heavy atom. The predicted molar refractivity (Wildman–Crippen MR) is 184 cm³/mol. The van der Waals surface area contributed by atoms with E-state index in [1.54, 1.807) is 59.3 Å². The van der Waals surface area contributed by atoms with Crippen molar-refractivity contribution in [2.75, 3.05) is 39.7 Å². The molecule has 0 spiro atoms. The Hall–Kier alpha value is -4.09. The summed E-state index contributed by atoms with van der Waals surface area (Å²) in [6.45, 7) is 15.2. The van der Waals surface area contributed by atoms with Crippen molar-refractivity contribution in [1.82, 2.24) is 15.6 Å². The van der Waals surface area contributed by atoms with Gasteiger partial charge in [-0.05, 0) is 38.5 Å². The van der Waals surface area contributed by atoms with Crippen molar-refractivity contribution in [1.29, 1.82) is 0 Å². The Labute approximate surface area is 270 Å². The number of nitrogens with one attached hydrogen (secondary N) is 3. The van der Waals surface area contributed by atoms with Crippen molar-refractivity contribution >= 4 is 34.8 Å². The highest BCUT2D eigenvalue weighted by molar-refractivity contribution is 6.00. The average Bonchev–Trinajstić information content (AvgIpc) is 3.01. The third kappa shape index (κ3) is 13.2. The van der Waals surface area contributed by atoms with E-state index in [2.05, 4.69) is 16.0 Å². The summed E-state index contributed by atoms with van der Waals surface area (Å²) in [7, 11) is 4.79. The first-order valence-corrected chi connectivity index (χ1v) is 15.4. The Morgan fingerprint density at radius 3 is 2.00 bits per heavy atom. The molecule has 0 aliphatic rings. The summed E-state index contributed by atoms with van der Waals surface area (Å²) in [5, 5.41) is 9.53. The van der Waals surface area contributed by atoms with Gasteiger partial charge in [0, 0.05) is 37.2 Å². The van der Waals surface area contributed by atoms with E-state index in [1.165, 1.54) is 5.01 Å². The monoisotopic (exact) mass is 628 g/mol. The van der Waals surface area contributed by atoms with Crippen LogP contribution in [0.15, 0.2) is 48.5 Å². The number of hydrazine groups is 1. The molecule has 252 valence electrons. The number of carbonyl (C=O) groups excluding carboxylic acids is 3. The van der Waals surface area contributed by atoms with E-state index in [0.29, 0.717) is 40.4 Å². The Balaban J connectivity index is 0.00000464. The van der Waals surface area contributed by atoms with Gasteiger partial charge in [-0.2, -0.15) is 0 Å². The molecule has 0 saturated heterocycles. The van der Waals surface area contributed by atoms with Crippen molar-refractivity contribution in [2.45, 2.75) is 73.8 Å². The second-order valence-electron chi connectivity index (χ2n) is 10.9. The summed E-state index contributed by atoms with van der Waals surface area (Å²) in [6, 6.07) is 14.4. The highest BCUT2D eigenvalue weighted by Crippen LogP contribution is 2.33. The number of nitrogens with zero attached hydrogens (tertiary/aromatic N) is 1. The van der Waals surface area contributed by atoms with Gasteiger partial charge < -0.3 is 36.2 Å². The molecule has 0 bridgehead atoms. The molecular formula is C34H56N6O5. The van der Waals surface area contributed by atoms with Crippen LogP contribution in [0.2, 0.25) is 0 Å². The lowest BCUT2D eigenvalue weighted by Gasteiger charge is -2.28. The van der Waals surface area contributed by atoms with Gasteiger partial charge in [0.25, 0.3) is 0 Å². The first-order chi connectivity index (χ1) is 21.2. The van der Waals surface area contributed by atoms with Gasteiger partial charge in [-0.15, -0.1) is 0 Å². The lowest BCUT2D eigenvalue weighted by molar-refractivity contribution is -0.134. The number of rotatable bonds is 14. The van der Waals surface area contributed by atoms with Gasteiger partial charge in [-0.1, -0.05) is 71.9 Å². The third-order valence-corrected chi connectivity index (χ3v) is 6.57. The van der Waals surface area contributed by atoms with E-state index in [4.69, 9.17) is 21.1 Å². The van der Waals surface area contributed by atoms with Gasteiger partial charge in [0.15, 0.2) is 0 Å². The number of hydrogen-bond donors (Lipinski definition) is 5. The van der Waals surface area contributed by atoms with E-state index in [-0.39, 0.29) is 31.4 Å². The molecule has 7 N–H and O–H groups in total. The van der Waals surface area contributed by atoms with Crippen LogP contribution in [-0.2, 0) is 19.1 Å². The molecule has 2 rings (SSSR count). The number of anilines is 1. The van der Waals surface area contributed by atoms with Gasteiger partial charge in [0.2, 0.25) is 17.7 Å². The first-order valence-electron chi connectivity index (χ1n) is 15.4. The molecular weight excluding hydrogens is 572 g/mol. The second-order valence-corrected chi connectivity index (χ2v) is 10.9. The van der Waals surface area contributed by atoms with E-state index >= 15 is 0 Å². The second kappa shape index (κ2) is 20.0. The largest absolute Gasteiger partial charge is 0.496 e. The van der Waals surface area contributed by atoms with E-state index in [0.717, 1.165) is 0 Å². The minimum Gasteiger partial charge on any atom is -0.496 e. The van der Waals surface area contributed by atoms with Crippen LogP contribution in [0, 0.1) is 5.41 Å². The van der Waals surface area contributed by atoms with Crippen molar-refractivity contribution in [3.8, 4) is 5.75 Å². The molecule has 2 aromatic rings. The first kappa shape index (κ1) is 40.9. The molecule has 0 heterocycles. The number of hydrogen-bond acceptors (Lipinski definition) is 8. The summed E-state index contributed by atoms with van der Waals surface area (Å²) in [5.41, 5.74) is 7.67. The van der Waals surface area contributed by atoms with Crippen LogP contribution in [0.5, 0.6) is 5.75 Å². The number of nitrogens with two attached hydrogens (primary N) is 2. The molecule has 0 radical (unpaired) electrons. The van der Waals surface area contributed by atoms with Crippen LogP contribution in [0.1, 0.15) is 79.4 Å². The predicted octanol–water partition coefficient (Wildman–Crippen LogP) is 4.74. The van der Waals surface area contributed by atoms with E-state index in [1.807, 2.05) is 65.8 Å². The average molecular weight is 629 g/mol. The van der Waals surface area contributed by atoms with Crippen LogP contribution in [0.4, 0.5) is 5.69 Å². The topological polar surface area (TPSA) is 161 Å².